The molecule has 27 heavy (non-hydrogen) atoms. The highest BCUT2D eigenvalue weighted by atomic mass is 19.1. The van der Waals surface area contributed by atoms with Crippen LogP contribution in [0.4, 0.5) is 4.39 Å². The average Bonchev–Trinajstić information content (AvgIpc) is 3.21. The lowest BCUT2D eigenvalue weighted by Gasteiger charge is -2.15. The first-order valence-electron chi connectivity index (χ1n) is 8.52. The summed E-state index contributed by atoms with van der Waals surface area (Å²) in [5, 5.41) is 14.8. The van der Waals surface area contributed by atoms with E-state index in [0.717, 1.165) is 22.4 Å². The fourth-order valence-corrected chi connectivity index (χ4v) is 3.28. The number of pyridine rings is 1. The van der Waals surface area contributed by atoms with Crippen molar-refractivity contribution in [2.24, 2.45) is 0 Å². The lowest BCUT2D eigenvalue weighted by Crippen LogP contribution is -2.02. The molecule has 0 saturated carbocycles. The number of phenols is 1. The van der Waals surface area contributed by atoms with Crippen molar-refractivity contribution >= 4 is 10.9 Å². The van der Waals surface area contributed by atoms with E-state index in [1.54, 1.807) is 10.9 Å². The predicted octanol–water partition coefficient (Wildman–Crippen LogP) is 4.17. The number of aromatic nitrogens is 3. The summed E-state index contributed by atoms with van der Waals surface area (Å²) in [6, 6.07) is 12.4. The number of rotatable bonds is 4. The molecule has 4 rings (SSSR count). The molecule has 0 atom stereocenters. The maximum absolute atomic E-state index is 14.2. The number of fused-ring (bicyclic) bond motifs is 1. The first-order valence-corrected chi connectivity index (χ1v) is 8.52. The Bertz CT molecular complexity index is 1110. The van der Waals surface area contributed by atoms with Crippen LogP contribution in [-0.2, 0) is 6.42 Å². The zero-order valence-electron chi connectivity index (χ0n) is 15.0. The highest BCUT2D eigenvalue weighted by Gasteiger charge is 2.18. The second-order valence-corrected chi connectivity index (χ2v) is 6.31. The summed E-state index contributed by atoms with van der Waals surface area (Å²) < 4.78 is 21.4. The molecule has 0 fully saturated rings. The Morgan fingerprint density at radius 1 is 1.15 bits per heavy atom. The van der Waals surface area contributed by atoms with Crippen LogP contribution >= 0.6 is 0 Å². The number of aromatic hydroxyl groups is 1. The molecule has 0 bridgehead atoms. The van der Waals surface area contributed by atoms with Gasteiger partial charge in [0, 0.05) is 29.8 Å². The van der Waals surface area contributed by atoms with Crippen LogP contribution in [0.1, 0.15) is 16.7 Å². The number of hydrogen-bond acceptors (Lipinski definition) is 4. The van der Waals surface area contributed by atoms with Crippen molar-refractivity contribution in [3.05, 3.63) is 77.4 Å². The summed E-state index contributed by atoms with van der Waals surface area (Å²) in [7, 11) is 1.51. The summed E-state index contributed by atoms with van der Waals surface area (Å²) in [6.45, 7) is 1.85. The van der Waals surface area contributed by atoms with Gasteiger partial charge < -0.3 is 9.84 Å². The van der Waals surface area contributed by atoms with Crippen molar-refractivity contribution in [3.63, 3.8) is 0 Å². The van der Waals surface area contributed by atoms with Gasteiger partial charge in [-0.05, 0) is 48.4 Å². The quantitative estimate of drug-likeness (QED) is 0.591. The van der Waals surface area contributed by atoms with Gasteiger partial charge >= 0.3 is 0 Å². The van der Waals surface area contributed by atoms with Crippen LogP contribution in [0.25, 0.3) is 16.6 Å². The van der Waals surface area contributed by atoms with Gasteiger partial charge in [-0.3, -0.25) is 0 Å². The van der Waals surface area contributed by atoms with Crippen LogP contribution in [0.5, 0.6) is 11.6 Å². The first kappa shape index (κ1) is 17.0. The lowest BCUT2D eigenvalue weighted by atomic mass is 9.97. The van der Waals surface area contributed by atoms with Crippen LogP contribution in [-0.4, -0.2) is 27.0 Å². The average molecular weight is 363 g/mol. The number of halogens is 1. The molecule has 5 nitrogen and oxygen atoms in total. The van der Waals surface area contributed by atoms with E-state index in [2.05, 4.69) is 10.1 Å². The van der Waals surface area contributed by atoms with Crippen molar-refractivity contribution in [3.8, 4) is 17.3 Å². The third-order valence-electron chi connectivity index (χ3n) is 4.69. The fourth-order valence-electron chi connectivity index (χ4n) is 3.28. The van der Waals surface area contributed by atoms with Gasteiger partial charge in [0.2, 0.25) is 5.88 Å². The van der Waals surface area contributed by atoms with Crippen molar-refractivity contribution in [2.45, 2.75) is 13.3 Å². The highest BCUT2D eigenvalue weighted by molar-refractivity contribution is 5.90. The minimum absolute atomic E-state index is 0.00864. The van der Waals surface area contributed by atoms with Crippen molar-refractivity contribution in [2.75, 3.05) is 7.11 Å². The second kappa shape index (κ2) is 6.72. The number of nitrogens with zero attached hydrogens (tertiary/aromatic N) is 3. The normalized spacial score (nSPS) is 11.1. The van der Waals surface area contributed by atoms with Crippen molar-refractivity contribution < 1.29 is 14.2 Å². The van der Waals surface area contributed by atoms with Gasteiger partial charge in [-0.15, -0.1) is 0 Å². The highest BCUT2D eigenvalue weighted by Crippen LogP contribution is 2.35. The van der Waals surface area contributed by atoms with Crippen LogP contribution in [0, 0.1) is 12.7 Å². The van der Waals surface area contributed by atoms with Gasteiger partial charge in [-0.2, -0.15) is 5.10 Å². The Hall–Kier alpha value is -3.41. The molecule has 2 heterocycles. The third kappa shape index (κ3) is 2.99. The fraction of sp³-hybridized carbons (Fsp3) is 0.143. The van der Waals surface area contributed by atoms with E-state index in [4.69, 9.17) is 4.74 Å². The zero-order chi connectivity index (χ0) is 19.0. The standard InChI is InChI=1S/C21H18FN3O2/c1-13-16(12-14-4-6-15(7-5-14)25-11-3-10-23-25)21(27-2)24-20-17(22)8-9-18(26)19(13)20/h3-11,26H,12H2,1-2H3. The number of benzene rings is 2. The molecule has 0 radical (unpaired) electrons. The monoisotopic (exact) mass is 363 g/mol. The SMILES string of the molecule is COc1nc2c(F)ccc(O)c2c(C)c1Cc1ccc(-n2cccn2)cc1. The van der Waals surface area contributed by atoms with Crippen molar-refractivity contribution in [1.29, 1.82) is 0 Å². The van der Waals surface area contributed by atoms with Crippen LogP contribution < -0.4 is 4.74 Å². The molecular formula is C21H18FN3O2. The number of hydrogen-bond donors (Lipinski definition) is 1. The number of phenolic OH excluding ortho intramolecular Hbond substituents is 1. The van der Waals surface area contributed by atoms with Crippen LogP contribution in [0.3, 0.4) is 0 Å². The summed E-state index contributed by atoms with van der Waals surface area (Å²) >= 11 is 0. The molecule has 0 aliphatic heterocycles. The Morgan fingerprint density at radius 2 is 1.93 bits per heavy atom. The Kier molecular flexibility index (Phi) is 4.24. The first-order chi connectivity index (χ1) is 13.1. The topological polar surface area (TPSA) is 60.2 Å². The largest absolute Gasteiger partial charge is 0.507 e. The third-order valence-corrected chi connectivity index (χ3v) is 4.69. The molecule has 136 valence electrons. The Balaban J connectivity index is 1.77. The molecule has 0 unspecified atom stereocenters. The number of methoxy groups -OCH3 is 1. The molecule has 4 aromatic rings. The molecular weight excluding hydrogens is 345 g/mol. The van der Waals surface area contributed by atoms with E-state index >= 15 is 0 Å². The molecule has 6 heteroatoms. The Morgan fingerprint density at radius 3 is 2.59 bits per heavy atom. The van der Waals surface area contributed by atoms with E-state index in [1.807, 2.05) is 43.5 Å². The molecule has 2 aromatic heterocycles. The predicted molar refractivity (Wildman–Crippen MR) is 101 cm³/mol. The van der Waals surface area contributed by atoms with Crippen molar-refractivity contribution in [1.82, 2.24) is 14.8 Å². The molecule has 1 N–H and O–H groups in total. The van der Waals surface area contributed by atoms with Gasteiger partial charge in [-0.1, -0.05) is 12.1 Å². The molecule has 0 saturated heterocycles. The van der Waals surface area contributed by atoms with Gasteiger partial charge in [0.25, 0.3) is 0 Å². The van der Waals surface area contributed by atoms with E-state index in [-0.39, 0.29) is 11.3 Å². The van der Waals surface area contributed by atoms with E-state index in [1.165, 1.54) is 19.2 Å². The Labute approximate surface area is 155 Å². The molecule has 2 aromatic carbocycles. The second-order valence-electron chi connectivity index (χ2n) is 6.31. The molecule has 0 aliphatic carbocycles. The summed E-state index contributed by atoms with van der Waals surface area (Å²) in [5.41, 5.74) is 3.69. The number of aryl methyl sites for hydroxylation is 1. The lowest BCUT2D eigenvalue weighted by molar-refractivity contribution is 0.394. The van der Waals surface area contributed by atoms with E-state index < -0.39 is 5.82 Å². The molecule has 0 aliphatic rings. The zero-order valence-corrected chi connectivity index (χ0v) is 15.0. The van der Waals surface area contributed by atoms with Gasteiger partial charge in [0.05, 0.1) is 12.8 Å². The van der Waals surface area contributed by atoms with Crippen LogP contribution in [0.2, 0.25) is 0 Å². The minimum atomic E-state index is -0.487. The molecule has 0 amide bonds. The van der Waals surface area contributed by atoms with Gasteiger partial charge in [0.15, 0.2) is 0 Å². The minimum Gasteiger partial charge on any atom is -0.507 e. The van der Waals surface area contributed by atoms with Gasteiger partial charge in [-0.25, -0.2) is 14.1 Å². The smallest absolute Gasteiger partial charge is 0.217 e. The van der Waals surface area contributed by atoms with E-state index in [9.17, 15) is 9.50 Å². The van der Waals surface area contributed by atoms with Crippen LogP contribution in [0.15, 0.2) is 54.9 Å². The molecule has 0 spiro atoms. The summed E-state index contributed by atoms with van der Waals surface area (Å²) in [6.07, 6.45) is 4.16. The maximum Gasteiger partial charge on any atom is 0.217 e. The van der Waals surface area contributed by atoms with Gasteiger partial charge in [0.1, 0.15) is 17.1 Å². The summed E-state index contributed by atoms with van der Waals surface area (Å²) in [5.74, 6) is -0.116. The maximum atomic E-state index is 14.2. The summed E-state index contributed by atoms with van der Waals surface area (Å²) in [4.78, 5) is 4.30. The van der Waals surface area contributed by atoms with E-state index in [0.29, 0.717) is 17.7 Å². The number of ether oxygens (including phenoxy) is 1.